The molecule has 1 aliphatic heterocycles. The minimum Gasteiger partial charge on any atom is -0.494 e. The molecule has 2 N–H and O–H groups in total. The third kappa shape index (κ3) is 7.24. The van der Waals surface area contributed by atoms with Gasteiger partial charge < -0.3 is 19.6 Å². The van der Waals surface area contributed by atoms with E-state index in [0.29, 0.717) is 13.1 Å². The maximum Gasteiger partial charge on any atom is 0.120 e. The standard InChI is InChI=1S/C21H32N4O3/c26-13-10-25(18-21-22-7-8-23-21)17-19-3-5-20(6-4-19)28-14-2-1-9-24-11-15-27-16-12-24/h3-8,26H,1-2,9-18H2,(H,22,23). The van der Waals surface area contributed by atoms with Crippen molar-refractivity contribution in [1.29, 1.82) is 0 Å². The number of aliphatic hydroxyl groups is 1. The Labute approximate surface area is 167 Å². The van der Waals surface area contributed by atoms with Crippen LogP contribution in [0.15, 0.2) is 36.7 Å². The fourth-order valence-corrected chi connectivity index (χ4v) is 3.35. The molecule has 1 aromatic heterocycles. The van der Waals surface area contributed by atoms with Gasteiger partial charge in [-0.15, -0.1) is 0 Å². The van der Waals surface area contributed by atoms with Crippen LogP contribution >= 0.6 is 0 Å². The Kier molecular flexibility index (Phi) is 8.77. The highest BCUT2D eigenvalue weighted by atomic mass is 16.5. The third-order valence-corrected chi connectivity index (χ3v) is 4.92. The fourth-order valence-electron chi connectivity index (χ4n) is 3.35. The normalized spacial score (nSPS) is 15.2. The number of nitrogens with one attached hydrogen (secondary N) is 1. The Bertz CT molecular complexity index is 642. The first-order chi connectivity index (χ1) is 13.8. The molecule has 1 aliphatic rings. The molecule has 0 radical (unpaired) electrons. The monoisotopic (exact) mass is 388 g/mol. The number of aliphatic hydroxyl groups excluding tert-OH is 1. The first kappa shape index (κ1) is 20.8. The van der Waals surface area contributed by atoms with Gasteiger partial charge in [0.15, 0.2) is 0 Å². The van der Waals surface area contributed by atoms with Gasteiger partial charge >= 0.3 is 0 Å². The van der Waals surface area contributed by atoms with E-state index in [1.165, 1.54) is 5.56 Å². The summed E-state index contributed by atoms with van der Waals surface area (Å²) in [4.78, 5) is 12.0. The van der Waals surface area contributed by atoms with E-state index in [0.717, 1.165) is 70.4 Å². The molecule has 0 unspecified atom stereocenters. The molecule has 0 bridgehead atoms. The maximum absolute atomic E-state index is 9.31. The van der Waals surface area contributed by atoms with Crippen LogP contribution in [0.4, 0.5) is 0 Å². The lowest BCUT2D eigenvalue weighted by Crippen LogP contribution is -2.36. The minimum atomic E-state index is 0.131. The Morgan fingerprint density at radius 1 is 1.14 bits per heavy atom. The van der Waals surface area contributed by atoms with Crippen LogP contribution in [-0.2, 0) is 17.8 Å². The highest BCUT2D eigenvalue weighted by molar-refractivity contribution is 5.27. The Balaban J connectivity index is 1.36. The molecule has 2 heterocycles. The van der Waals surface area contributed by atoms with Gasteiger partial charge in [0, 0.05) is 38.6 Å². The lowest BCUT2D eigenvalue weighted by molar-refractivity contribution is 0.0368. The summed E-state index contributed by atoms with van der Waals surface area (Å²) >= 11 is 0. The predicted octanol–water partition coefficient (Wildman–Crippen LogP) is 1.90. The molecule has 1 saturated heterocycles. The molecule has 0 saturated carbocycles. The number of H-pyrrole nitrogens is 1. The number of ether oxygens (including phenoxy) is 2. The summed E-state index contributed by atoms with van der Waals surface area (Å²) in [6.07, 6.45) is 5.78. The van der Waals surface area contributed by atoms with E-state index in [-0.39, 0.29) is 6.61 Å². The van der Waals surface area contributed by atoms with Crippen LogP contribution in [0.1, 0.15) is 24.2 Å². The molecule has 1 aromatic carbocycles. The molecule has 0 atom stereocenters. The number of aromatic amines is 1. The molecule has 0 spiro atoms. The highest BCUT2D eigenvalue weighted by Crippen LogP contribution is 2.15. The second-order valence-corrected chi connectivity index (χ2v) is 7.12. The summed E-state index contributed by atoms with van der Waals surface area (Å²) in [7, 11) is 0. The van der Waals surface area contributed by atoms with Crippen LogP contribution in [0.25, 0.3) is 0 Å². The molecule has 1 fully saturated rings. The minimum absolute atomic E-state index is 0.131. The van der Waals surface area contributed by atoms with Gasteiger partial charge in [-0.2, -0.15) is 0 Å². The van der Waals surface area contributed by atoms with Crippen molar-refractivity contribution >= 4 is 0 Å². The fraction of sp³-hybridized carbons (Fsp3) is 0.571. The van der Waals surface area contributed by atoms with Gasteiger partial charge in [0.05, 0.1) is 33.0 Å². The van der Waals surface area contributed by atoms with Gasteiger partial charge in [-0.3, -0.25) is 9.80 Å². The average Bonchev–Trinajstić information content (AvgIpc) is 3.23. The molecule has 2 aromatic rings. The Morgan fingerprint density at radius 3 is 2.68 bits per heavy atom. The van der Waals surface area contributed by atoms with Crippen LogP contribution in [0, 0.1) is 0 Å². The summed E-state index contributed by atoms with van der Waals surface area (Å²) in [5.74, 6) is 1.82. The maximum atomic E-state index is 9.31. The van der Waals surface area contributed by atoms with Crippen molar-refractivity contribution in [2.45, 2.75) is 25.9 Å². The van der Waals surface area contributed by atoms with Crippen molar-refractivity contribution in [2.75, 3.05) is 52.6 Å². The number of hydrogen-bond donors (Lipinski definition) is 2. The van der Waals surface area contributed by atoms with E-state index in [9.17, 15) is 5.11 Å². The smallest absolute Gasteiger partial charge is 0.120 e. The number of hydrogen-bond acceptors (Lipinski definition) is 6. The molecule has 28 heavy (non-hydrogen) atoms. The van der Waals surface area contributed by atoms with Crippen LogP contribution in [-0.4, -0.2) is 77.5 Å². The van der Waals surface area contributed by atoms with Crippen LogP contribution < -0.4 is 4.74 Å². The molecular weight excluding hydrogens is 356 g/mol. The van der Waals surface area contributed by atoms with Crippen molar-refractivity contribution in [3.63, 3.8) is 0 Å². The molecule has 0 amide bonds. The molecular formula is C21H32N4O3. The zero-order valence-electron chi connectivity index (χ0n) is 16.6. The van der Waals surface area contributed by atoms with Crippen LogP contribution in [0.2, 0.25) is 0 Å². The average molecular weight is 389 g/mol. The van der Waals surface area contributed by atoms with Crippen molar-refractivity contribution in [1.82, 2.24) is 19.8 Å². The zero-order valence-corrected chi connectivity index (χ0v) is 16.6. The SMILES string of the molecule is OCCN(Cc1ccc(OCCCCN2CCOCC2)cc1)Cc1ncc[nH]1. The third-order valence-electron chi connectivity index (χ3n) is 4.92. The Morgan fingerprint density at radius 2 is 1.96 bits per heavy atom. The summed E-state index contributed by atoms with van der Waals surface area (Å²) < 4.78 is 11.2. The first-order valence-electron chi connectivity index (χ1n) is 10.2. The first-order valence-corrected chi connectivity index (χ1v) is 10.2. The number of benzene rings is 1. The second kappa shape index (κ2) is 11.8. The van der Waals surface area contributed by atoms with E-state index in [4.69, 9.17) is 9.47 Å². The summed E-state index contributed by atoms with van der Waals surface area (Å²) in [6, 6.07) is 8.24. The summed E-state index contributed by atoms with van der Waals surface area (Å²) in [5.41, 5.74) is 1.19. The molecule has 3 rings (SSSR count). The predicted molar refractivity (Wildman–Crippen MR) is 108 cm³/mol. The van der Waals surface area contributed by atoms with E-state index in [1.807, 2.05) is 18.3 Å². The summed E-state index contributed by atoms with van der Waals surface area (Å²) in [5, 5.41) is 9.31. The van der Waals surface area contributed by atoms with E-state index in [1.54, 1.807) is 6.20 Å². The van der Waals surface area contributed by atoms with Crippen LogP contribution in [0.5, 0.6) is 5.75 Å². The number of imidazole rings is 1. The van der Waals surface area contributed by atoms with E-state index < -0.39 is 0 Å². The van der Waals surface area contributed by atoms with Gasteiger partial charge in [-0.25, -0.2) is 4.98 Å². The van der Waals surface area contributed by atoms with E-state index >= 15 is 0 Å². The number of nitrogens with zero attached hydrogens (tertiary/aromatic N) is 3. The second-order valence-electron chi connectivity index (χ2n) is 7.12. The molecule has 7 nitrogen and oxygen atoms in total. The van der Waals surface area contributed by atoms with Gasteiger partial charge in [-0.05, 0) is 37.1 Å². The Hall–Kier alpha value is -1.93. The largest absolute Gasteiger partial charge is 0.494 e. The quantitative estimate of drug-likeness (QED) is 0.541. The molecule has 7 heteroatoms. The summed E-state index contributed by atoms with van der Waals surface area (Å²) in [6.45, 7) is 7.90. The lowest BCUT2D eigenvalue weighted by Gasteiger charge is -2.26. The van der Waals surface area contributed by atoms with Crippen molar-refractivity contribution < 1.29 is 14.6 Å². The number of morpholine rings is 1. The van der Waals surface area contributed by atoms with Gasteiger partial charge in [-0.1, -0.05) is 12.1 Å². The van der Waals surface area contributed by atoms with Crippen molar-refractivity contribution in [3.8, 4) is 5.75 Å². The van der Waals surface area contributed by atoms with Crippen molar-refractivity contribution in [3.05, 3.63) is 48.0 Å². The molecule has 0 aliphatic carbocycles. The number of aromatic nitrogens is 2. The molecule has 154 valence electrons. The number of rotatable bonds is 12. The topological polar surface area (TPSA) is 73.8 Å². The van der Waals surface area contributed by atoms with Crippen LogP contribution in [0.3, 0.4) is 0 Å². The van der Waals surface area contributed by atoms with Gasteiger partial charge in [0.1, 0.15) is 11.6 Å². The highest BCUT2D eigenvalue weighted by Gasteiger charge is 2.10. The van der Waals surface area contributed by atoms with Gasteiger partial charge in [0.2, 0.25) is 0 Å². The number of unbranched alkanes of at least 4 members (excludes halogenated alkanes) is 1. The van der Waals surface area contributed by atoms with Crippen molar-refractivity contribution in [2.24, 2.45) is 0 Å². The lowest BCUT2D eigenvalue weighted by atomic mass is 10.2. The van der Waals surface area contributed by atoms with Gasteiger partial charge in [0.25, 0.3) is 0 Å². The zero-order chi connectivity index (χ0) is 19.4. The van der Waals surface area contributed by atoms with E-state index in [2.05, 4.69) is 31.9 Å².